The standard InChI is InChI=1S/C15H31N/c1-3-4-5-6-8-11-15(14-16-2)12-9-7-10-13-15/h16H,3-14H2,1-2H3. The highest BCUT2D eigenvalue weighted by molar-refractivity contribution is 4.84. The molecular weight excluding hydrogens is 194 g/mol. The highest BCUT2D eigenvalue weighted by atomic mass is 14.8. The molecule has 1 aliphatic rings. The molecule has 96 valence electrons. The molecule has 0 atom stereocenters. The van der Waals surface area contributed by atoms with Crippen molar-refractivity contribution in [3.05, 3.63) is 0 Å². The van der Waals surface area contributed by atoms with Crippen molar-refractivity contribution in [1.82, 2.24) is 5.32 Å². The monoisotopic (exact) mass is 225 g/mol. The molecule has 16 heavy (non-hydrogen) atoms. The van der Waals surface area contributed by atoms with E-state index >= 15 is 0 Å². The number of hydrogen-bond acceptors (Lipinski definition) is 1. The summed E-state index contributed by atoms with van der Waals surface area (Å²) in [4.78, 5) is 0. The molecule has 0 unspecified atom stereocenters. The van der Waals surface area contributed by atoms with Crippen LogP contribution in [0.3, 0.4) is 0 Å². The van der Waals surface area contributed by atoms with Gasteiger partial charge in [-0.1, -0.05) is 58.3 Å². The first-order valence-electron chi connectivity index (χ1n) is 7.47. The maximum Gasteiger partial charge on any atom is 0.000480 e. The van der Waals surface area contributed by atoms with Gasteiger partial charge in [0, 0.05) is 6.54 Å². The van der Waals surface area contributed by atoms with Gasteiger partial charge in [0.15, 0.2) is 0 Å². The van der Waals surface area contributed by atoms with Gasteiger partial charge in [0.2, 0.25) is 0 Å². The Hall–Kier alpha value is -0.0400. The molecule has 1 N–H and O–H groups in total. The van der Waals surface area contributed by atoms with Crippen molar-refractivity contribution in [2.24, 2.45) is 5.41 Å². The second-order valence-electron chi connectivity index (χ2n) is 5.76. The molecule has 0 aromatic heterocycles. The minimum absolute atomic E-state index is 0.666. The SMILES string of the molecule is CCCCCCCC1(CNC)CCCCC1. The molecule has 0 aromatic carbocycles. The summed E-state index contributed by atoms with van der Waals surface area (Å²) >= 11 is 0. The molecule has 1 nitrogen and oxygen atoms in total. The molecule has 0 aromatic rings. The Bertz CT molecular complexity index is 153. The second-order valence-corrected chi connectivity index (χ2v) is 5.76. The molecule has 1 rings (SSSR count). The first kappa shape index (κ1) is 14.0. The molecule has 1 aliphatic carbocycles. The van der Waals surface area contributed by atoms with Crippen LogP contribution in [0.15, 0.2) is 0 Å². The van der Waals surface area contributed by atoms with Gasteiger partial charge in [-0.25, -0.2) is 0 Å². The Morgan fingerprint density at radius 3 is 2.25 bits per heavy atom. The van der Waals surface area contributed by atoms with E-state index in [1.165, 1.54) is 77.2 Å². The lowest BCUT2D eigenvalue weighted by molar-refractivity contribution is 0.165. The maximum absolute atomic E-state index is 3.43. The largest absolute Gasteiger partial charge is 0.319 e. The molecule has 1 heteroatoms. The predicted octanol–water partition coefficient (Wildman–Crippen LogP) is 4.52. The van der Waals surface area contributed by atoms with Crippen LogP contribution in [0.5, 0.6) is 0 Å². The fourth-order valence-electron chi connectivity index (χ4n) is 3.30. The summed E-state index contributed by atoms with van der Waals surface area (Å²) < 4.78 is 0. The Morgan fingerprint density at radius 2 is 1.62 bits per heavy atom. The van der Waals surface area contributed by atoms with Crippen LogP contribution >= 0.6 is 0 Å². The van der Waals surface area contributed by atoms with E-state index in [1.807, 2.05) is 0 Å². The average Bonchev–Trinajstić information content (AvgIpc) is 2.30. The molecule has 1 fully saturated rings. The van der Waals surface area contributed by atoms with Gasteiger partial charge < -0.3 is 5.32 Å². The number of rotatable bonds is 8. The van der Waals surface area contributed by atoms with E-state index in [0.717, 1.165) is 0 Å². The van der Waals surface area contributed by atoms with Crippen LogP contribution in [0.1, 0.15) is 77.6 Å². The van der Waals surface area contributed by atoms with E-state index in [2.05, 4.69) is 19.3 Å². The van der Waals surface area contributed by atoms with E-state index in [9.17, 15) is 0 Å². The van der Waals surface area contributed by atoms with Gasteiger partial charge in [0.25, 0.3) is 0 Å². The van der Waals surface area contributed by atoms with E-state index < -0.39 is 0 Å². The van der Waals surface area contributed by atoms with Crippen molar-refractivity contribution in [3.63, 3.8) is 0 Å². The molecule has 0 aliphatic heterocycles. The quantitative estimate of drug-likeness (QED) is 0.599. The first-order chi connectivity index (χ1) is 7.83. The molecule has 0 amide bonds. The second kappa shape index (κ2) is 8.11. The Labute approximate surface area is 102 Å². The fourth-order valence-corrected chi connectivity index (χ4v) is 3.30. The third-order valence-electron chi connectivity index (χ3n) is 4.28. The van der Waals surface area contributed by atoms with Crippen LogP contribution in [-0.4, -0.2) is 13.6 Å². The summed E-state index contributed by atoms with van der Waals surface area (Å²) in [7, 11) is 2.12. The zero-order valence-electron chi connectivity index (χ0n) is 11.5. The minimum atomic E-state index is 0.666. The van der Waals surface area contributed by atoms with E-state index in [-0.39, 0.29) is 0 Å². The van der Waals surface area contributed by atoms with Gasteiger partial charge in [-0.2, -0.15) is 0 Å². The lowest BCUT2D eigenvalue weighted by Gasteiger charge is -2.37. The minimum Gasteiger partial charge on any atom is -0.319 e. The lowest BCUT2D eigenvalue weighted by atomic mass is 9.71. The molecular formula is C15H31N. The van der Waals surface area contributed by atoms with Crippen LogP contribution in [0, 0.1) is 5.41 Å². The van der Waals surface area contributed by atoms with E-state index in [0.29, 0.717) is 5.41 Å². The van der Waals surface area contributed by atoms with Gasteiger partial charge in [-0.3, -0.25) is 0 Å². The average molecular weight is 225 g/mol. The van der Waals surface area contributed by atoms with Crippen molar-refractivity contribution >= 4 is 0 Å². The highest BCUT2D eigenvalue weighted by Gasteiger charge is 2.30. The van der Waals surface area contributed by atoms with Crippen LogP contribution < -0.4 is 5.32 Å². The lowest BCUT2D eigenvalue weighted by Crippen LogP contribution is -2.34. The molecule has 0 radical (unpaired) electrons. The van der Waals surface area contributed by atoms with Crippen LogP contribution in [0.4, 0.5) is 0 Å². The number of hydrogen-bond donors (Lipinski definition) is 1. The van der Waals surface area contributed by atoms with Crippen LogP contribution in [0.25, 0.3) is 0 Å². The molecule has 0 saturated heterocycles. The number of nitrogens with one attached hydrogen (secondary N) is 1. The highest BCUT2D eigenvalue weighted by Crippen LogP contribution is 2.40. The molecule has 0 bridgehead atoms. The van der Waals surface area contributed by atoms with E-state index in [1.54, 1.807) is 0 Å². The summed E-state index contributed by atoms with van der Waals surface area (Å²) in [5, 5.41) is 3.43. The molecule has 0 heterocycles. The summed E-state index contributed by atoms with van der Waals surface area (Å²) in [5.74, 6) is 0. The zero-order valence-corrected chi connectivity index (χ0v) is 11.5. The van der Waals surface area contributed by atoms with Crippen molar-refractivity contribution < 1.29 is 0 Å². The summed E-state index contributed by atoms with van der Waals surface area (Å²) in [6, 6.07) is 0. The topological polar surface area (TPSA) is 12.0 Å². The van der Waals surface area contributed by atoms with Gasteiger partial charge >= 0.3 is 0 Å². The Kier molecular flexibility index (Phi) is 7.11. The third kappa shape index (κ3) is 4.86. The molecule has 1 saturated carbocycles. The van der Waals surface area contributed by atoms with Gasteiger partial charge in [0.05, 0.1) is 0 Å². The van der Waals surface area contributed by atoms with Crippen LogP contribution in [-0.2, 0) is 0 Å². The van der Waals surface area contributed by atoms with Crippen molar-refractivity contribution in [2.45, 2.75) is 77.6 Å². The Balaban J connectivity index is 2.21. The summed E-state index contributed by atoms with van der Waals surface area (Å²) in [5.41, 5.74) is 0.666. The normalized spacial score (nSPS) is 19.9. The maximum atomic E-state index is 3.43. The van der Waals surface area contributed by atoms with Crippen molar-refractivity contribution in [3.8, 4) is 0 Å². The predicted molar refractivity (Wildman–Crippen MR) is 72.8 cm³/mol. The fraction of sp³-hybridized carbons (Fsp3) is 1.00. The van der Waals surface area contributed by atoms with Gasteiger partial charge in [0.1, 0.15) is 0 Å². The molecule has 0 spiro atoms. The van der Waals surface area contributed by atoms with Crippen molar-refractivity contribution in [1.29, 1.82) is 0 Å². The van der Waals surface area contributed by atoms with Crippen molar-refractivity contribution in [2.75, 3.05) is 13.6 Å². The van der Waals surface area contributed by atoms with Gasteiger partial charge in [-0.15, -0.1) is 0 Å². The third-order valence-corrected chi connectivity index (χ3v) is 4.28. The first-order valence-corrected chi connectivity index (χ1v) is 7.47. The van der Waals surface area contributed by atoms with E-state index in [4.69, 9.17) is 0 Å². The summed E-state index contributed by atoms with van der Waals surface area (Å²) in [6.07, 6.45) is 16.0. The zero-order chi connectivity index (χ0) is 11.7. The summed E-state index contributed by atoms with van der Waals surface area (Å²) in [6.45, 7) is 3.55. The number of unbranched alkanes of at least 4 members (excludes halogenated alkanes) is 4. The smallest absolute Gasteiger partial charge is 0.000480 e. The van der Waals surface area contributed by atoms with Crippen LogP contribution in [0.2, 0.25) is 0 Å². The Morgan fingerprint density at radius 1 is 0.938 bits per heavy atom. The van der Waals surface area contributed by atoms with Gasteiger partial charge in [-0.05, 0) is 31.7 Å².